The number of amides is 1. The number of likely N-dealkylation sites (tertiary alicyclic amines) is 1. The van der Waals surface area contributed by atoms with Crippen LogP contribution in [0.25, 0.3) is 0 Å². The summed E-state index contributed by atoms with van der Waals surface area (Å²) in [6, 6.07) is 4.57. The van der Waals surface area contributed by atoms with Crippen LogP contribution in [0.4, 0.5) is 5.69 Å². The molecule has 0 aliphatic carbocycles. The molecule has 5 nitrogen and oxygen atoms in total. The quantitative estimate of drug-likeness (QED) is 0.611. The highest BCUT2D eigenvalue weighted by molar-refractivity contribution is 9.10. The van der Waals surface area contributed by atoms with Crippen molar-refractivity contribution < 1.29 is 9.72 Å². The summed E-state index contributed by atoms with van der Waals surface area (Å²) in [4.78, 5) is 24.8. The lowest BCUT2D eigenvalue weighted by atomic mass is 9.91. The Morgan fingerprint density at radius 3 is 2.50 bits per heavy atom. The van der Waals surface area contributed by atoms with Crippen molar-refractivity contribution in [3.8, 4) is 0 Å². The van der Waals surface area contributed by atoms with Crippen molar-refractivity contribution in [3.63, 3.8) is 0 Å². The van der Waals surface area contributed by atoms with Gasteiger partial charge in [0, 0.05) is 19.2 Å². The first-order valence-corrected chi connectivity index (χ1v) is 7.41. The molecule has 0 saturated carbocycles. The molecule has 1 saturated heterocycles. The number of hydrogen-bond acceptors (Lipinski definition) is 3. The first-order valence-electron chi connectivity index (χ1n) is 6.62. The third kappa shape index (κ3) is 3.00. The maximum Gasteiger partial charge on any atom is 0.284 e. The van der Waals surface area contributed by atoms with Gasteiger partial charge in [-0.3, -0.25) is 14.9 Å². The maximum atomic E-state index is 12.6. The number of halogens is 1. The van der Waals surface area contributed by atoms with Crippen molar-refractivity contribution >= 4 is 27.5 Å². The molecule has 2 unspecified atom stereocenters. The predicted molar refractivity (Wildman–Crippen MR) is 79.6 cm³/mol. The van der Waals surface area contributed by atoms with Gasteiger partial charge in [0.1, 0.15) is 4.47 Å². The predicted octanol–water partition coefficient (Wildman–Crippen LogP) is 3.48. The van der Waals surface area contributed by atoms with E-state index in [0.717, 1.165) is 6.42 Å². The summed E-state index contributed by atoms with van der Waals surface area (Å²) in [5, 5.41) is 10.9. The highest BCUT2D eigenvalue weighted by atomic mass is 79.9. The molecule has 6 heteroatoms. The molecular weight excluding hydrogens is 324 g/mol. The number of nitro benzene ring substituents is 1. The lowest BCUT2D eigenvalue weighted by molar-refractivity contribution is -0.385. The zero-order valence-electron chi connectivity index (χ0n) is 11.5. The Bertz CT molecular complexity index is 537. The number of piperidine rings is 1. The van der Waals surface area contributed by atoms with Gasteiger partial charge >= 0.3 is 0 Å². The zero-order chi connectivity index (χ0) is 14.9. The normalized spacial score (nSPS) is 22.6. The average Bonchev–Trinajstić information content (AvgIpc) is 2.36. The Labute approximate surface area is 126 Å². The van der Waals surface area contributed by atoms with Crippen LogP contribution in [0.15, 0.2) is 22.7 Å². The molecule has 0 bridgehead atoms. The number of carbonyl (C=O) groups is 1. The van der Waals surface area contributed by atoms with Gasteiger partial charge < -0.3 is 4.90 Å². The van der Waals surface area contributed by atoms with Crippen molar-refractivity contribution in [2.45, 2.75) is 20.3 Å². The van der Waals surface area contributed by atoms with Crippen LogP contribution in [0, 0.1) is 22.0 Å². The Morgan fingerprint density at radius 1 is 1.35 bits per heavy atom. The minimum Gasteiger partial charge on any atom is -0.338 e. The van der Waals surface area contributed by atoms with Crippen LogP contribution >= 0.6 is 15.9 Å². The lowest BCUT2D eigenvalue weighted by Crippen LogP contribution is -2.42. The molecule has 0 spiro atoms. The topological polar surface area (TPSA) is 63.5 Å². The minimum atomic E-state index is -0.484. The summed E-state index contributed by atoms with van der Waals surface area (Å²) in [7, 11) is 0. The maximum absolute atomic E-state index is 12.6. The average molecular weight is 341 g/mol. The lowest BCUT2D eigenvalue weighted by Gasteiger charge is -2.35. The second-order valence-corrected chi connectivity index (χ2v) is 6.34. The third-order valence-electron chi connectivity index (χ3n) is 3.56. The van der Waals surface area contributed by atoms with E-state index in [1.54, 1.807) is 17.0 Å². The molecule has 1 amide bonds. The fourth-order valence-corrected chi connectivity index (χ4v) is 3.40. The van der Waals surface area contributed by atoms with Crippen molar-refractivity contribution in [1.29, 1.82) is 0 Å². The van der Waals surface area contributed by atoms with Crippen molar-refractivity contribution in [2.75, 3.05) is 13.1 Å². The molecule has 0 aromatic heterocycles. The van der Waals surface area contributed by atoms with E-state index in [0.29, 0.717) is 30.5 Å². The van der Waals surface area contributed by atoms with E-state index in [-0.39, 0.29) is 16.1 Å². The molecule has 1 aromatic carbocycles. The summed E-state index contributed by atoms with van der Waals surface area (Å²) in [6.45, 7) is 5.66. The van der Waals surface area contributed by atoms with Crippen LogP contribution in [0.2, 0.25) is 0 Å². The first kappa shape index (κ1) is 15.0. The number of hydrogen-bond donors (Lipinski definition) is 0. The number of nitro groups is 1. The van der Waals surface area contributed by atoms with E-state index >= 15 is 0 Å². The number of nitrogens with zero attached hydrogens (tertiary/aromatic N) is 2. The summed E-state index contributed by atoms with van der Waals surface area (Å²) >= 11 is 3.19. The third-order valence-corrected chi connectivity index (χ3v) is 4.39. The van der Waals surface area contributed by atoms with Crippen LogP contribution in [-0.2, 0) is 0 Å². The van der Waals surface area contributed by atoms with E-state index in [2.05, 4.69) is 29.8 Å². The fraction of sp³-hybridized carbons (Fsp3) is 0.500. The second kappa shape index (κ2) is 5.91. The van der Waals surface area contributed by atoms with E-state index in [4.69, 9.17) is 0 Å². The van der Waals surface area contributed by atoms with Crippen LogP contribution in [0.5, 0.6) is 0 Å². The molecule has 20 heavy (non-hydrogen) atoms. The summed E-state index contributed by atoms with van der Waals surface area (Å²) in [6.07, 6.45) is 1.11. The smallest absolute Gasteiger partial charge is 0.284 e. The molecule has 1 fully saturated rings. The molecule has 1 aliphatic rings. The van der Waals surface area contributed by atoms with Gasteiger partial charge in [0.25, 0.3) is 11.6 Å². The molecule has 2 rings (SSSR count). The molecule has 0 N–H and O–H groups in total. The Kier molecular flexibility index (Phi) is 4.42. The van der Waals surface area contributed by atoms with Crippen LogP contribution < -0.4 is 0 Å². The van der Waals surface area contributed by atoms with Gasteiger partial charge in [-0.25, -0.2) is 0 Å². The van der Waals surface area contributed by atoms with Gasteiger partial charge in [0.2, 0.25) is 0 Å². The van der Waals surface area contributed by atoms with Crippen LogP contribution in [0.3, 0.4) is 0 Å². The van der Waals surface area contributed by atoms with Gasteiger partial charge in [0.15, 0.2) is 0 Å². The van der Waals surface area contributed by atoms with E-state index in [9.17, 15) is 14.9 Å². The monoisotopic (exact) mass is 340 g/mol. The SMILES string of the molecule is CC1CC(C)CN(C(=O)c2cccc([N+](=O)[O-])c2Br)C1. The number of rotatable bonds is 2. The summed E-state index contributed by atoms with van der Waals surface area (Å²) < 4.78 is 0.265. The number of carbonyl (C=O) groups excluding carboxylic acids is 1. The van der Waals surface area contributed by atoms with Gasteiger partial charge in [0.05, 0.1) is 10.5 Å². The van der Waals surface area contributed by atoms with Crippen molar-refractivity contribution in [1.82, 2.24) is 4.90 Å². The van der Waals surface area contributed by atoms with E-state index in [1.807, 2.05) is 0 Å². The minimum absolute atomic E-state index is 0.0750. The molecule has 108 valence electrons. The fourth-order valence-electron chi connectivity index (χ4n) is 2.83. The van der Waals surface area contributed by atoms with Crippen molar-refractivity contribution in [2.24, 2.45) is 11.8 Å². The zero-order valence-corrected chi connectivity index (χ0v) is 13.1. The highest BCUT2D eigenvalue weighted by Gasteiger charge is 2.28. The molecule has 2 atom stereocenters. The molecule has 1 aromatic rings. The Morgan fingerprint density at radius 2 is 1.95 bits per heavy atom. The van der Waals surface area contributed by atoms with E-state index in [1.165, 1.54) is 6.07 Å². The second-order valence-electron chi connectivity index (χ2n) is 5.55. The summed E-state index contributed by atoms with van der Waals surface area (Å²) in [5.41, 5.74) is 0.287. The number of benzene rings is 1. The molecule has 1 heterocycles. The van der Waals surface area contributed by atoms with Gasteiger partial charge in [-0.05, 0) is 40.3 Å². The molecular formula is C14H17BrN2O3. The summed E-state index contributed by atoms with van der Waals surface area (Å²) in [5.74, 6) is 0.777. The van der Waals surface area contributed by atoms with Crippen LogP contribution in [-0.4, -0.2) is 28.8 Å². The standard InChI is InChI=1S/C14H17BrN2O3/c1-9-6-10(2)8-16(7-9)14(18)11-4-3-5-12(13(11)15)17(19)20/h3-5,9-10H,6-8H2,1-2H3. The van der Waals surface area contributed by atoms with Crippen LogP contribution in [0.1, 0.15) is 30.6 Å². The van der Waals surface area contributed by atoms with Gasteiger partial charge in [-0.15, -0.1) is 0 Å². The van der Waals surface area contributed by atoms with Gasteiger partial charge in [-0.2, -0.15) is 0 Å². The van der Waals surface area contributed by atoms with Crippen molar-refractivity contribution in [3.05, 3.63) is 38.3 Å². The van der Waals surface area contributed by atoms with E-state index < -0.39 is 4.92 Å². The molecule has 0 radical (unpaired) electrons. The largest absolute Gasteiger partial charge is 0.338 e. The first-order chi connectivity index (χ1) is 9.40. The van der Waals surface area contributed by atoms with Gasteiger partial charge in [-0.1, -0.05) is 19.9 Å². The molecule has 1 aliphatic heterocycles. The highest BCUT2D eigenvalue weighted by Crippen LogP contribution is 2.30. The Balaban J connectivity index is 2.29. The Hall–Kier alpha value is -1.43.